The second kappa shape index (κ2) is 5.77. The summed E-state index contributed by atoms with van der Waals surface area (Å²) in [6.07, 6.45) is 19.7. The van der Waals surface area contributed by atoms with Crippen molar-refractivity contribution in [3.8, 4) is 0 Å². The summed E-state index contributed by atoms with van der Waals surface area (Å²) in [4.78, 5) is 28.8. The average Bonchev–Trinajstić information content (AvgIpc) is 3.38. The smallest absolute Gasteiger partial charge is 0.258 e. The van der Waals surface area contributed by atoms with Gasteiger partial charge in [-0.15, -0.1) is 0 Å². The van der Waals surface area contributed by atoms with Gasteiger partial charge in [0.1, 0.15) is 5.70 Å². The molecular weight excluding hydrogens is 342 g/mol. The van der Waals surface area contributed by atoms with Gasteiger partial charge in [-0.1, -0.05) is 0 Å². The van der Waals surface area contributed by atoms with Crippen LogP contribution in [0.4, 0.5) is 0 Å². The van der Waals surface area contributed by atoms with Crippen molar-refractivity contribution in [2.45, 2.75) is 0 Å². The van der Waals surface area contributed by atoms with Gasteiger partial charge in [-0.25, -0.2) is 20.0 Å². The van der Waals surface area contributed by atoms with E-state index in [2.05, 4.69) is 20.0 Å². The highest BCUT2D eigenvalue weighted by molar-refractivity contribution is 6.14. The maximum Gasteiger partial charge on any atom is 0.297 e. The van der Waals surface area contributed by atoms with Gasteiger partial charge in [-0.2, -0.15) is 0 Å². The van der Waals surface area contributed by atoms with E-state index in [1.807, 2.05) is 42.5 Å². The van der Waals surface area contributed by atoms with E-state index < -0.39 is 4.92 Å². The Morgan fingerprint density at radius 3 is 1.59 bits per heavy atom. The largest absolute Gasteiger partial charge is 0.297 e. The van der Waals surface area contributed by atoms with Crippen molar-refractivity contribution in [3.05, 3.63) is 105 Å². The summed E-state index contributed by atoms with van der Waals surface area (Å²) in [5, 5.41) is 11.4. The van der Waals surface area contributed by atoms with Crippen LogP contribution in [0.15, 0.2) is 115 Å². The molecule has 8 bridgehead atoms. The number of hydrogen-bond acceptors (Lipinski definition) is 6. The minimum absolute atomic E-state index is 0.0561. The van der Waals surface area contributed by atoms with E-state index in [9.17, 15) is 10.1 Å². The first-order valence-corrected chi connectivity index (χ1v) is 8.25. The van der Waals surface area contributed by atoms with Gasteiger partial charge in [0.2, 0.25) is 0 Å². The number of hydrogen-bond donors (Lipinski definition) is 0. The lowest BCUT2D eigenvalue weighted by Crippen LogP contribution is -1.99. The molecule has 5 aliphatic rings. The zero-order chi connectivity index (χ0) is 18.4. The summed E-state index contributed by atoms with van der Waals surface area (Å²) >= 11 is 0. The third kappa shape index (κ3) is 2.91. The highest BCUT2D eigenvalue weighted by Gasteiger charge is 2.25. The van der Waals surface area contributed by atoms with Crippen molar-refractivity contribution in [1.29, 1.82) is 0 Å². The summed E-state index contributed by atoms with van der Waals surface area (Å²) in [6.45, 7) is 0. The molecule has 0 saturated heterocycles. The van der Waals surface area contributed by atoms with E-state index in [0.717, 1.165) is 22.8 Å². The van der Waals surface area contributed by atoms with Gasteiger partial charge in [-0.3, -0.25) is 10.1 Å². The van der Waals surface area contributed by atoms with Crippen LogP contribution in [-0.2, 0) is 0 Å². The Bertz CT molecular complexity index is 1170. The fourth-order valence-corrected chi connectivity index (χ4v) is 3.03. The molecule has 5 heterocycles. The molecule has 128 valence electrons. The van der Waals surface area contributed by atoms with Crippen LogP contribution >= 0.6 is 0 Å². The molecule has 5 rings (SSSR count). The summed E-state index contributed by atoms with van der Waals surface area (Å²) < 4.78 is 0. The zero-order valence-electron chi connectivity index (χ0n) is 13.9. The molecule has 0 atom stereocenters. The Balaban J connectivity index is 1.67. The lowest BCUT2D eigenvalue weighted by atomic mass is 10.2. The molecular formula is C20H11N5O2. The third-order valence-electron chi connectivity index (χ3n) is 4.21. The van der Waals surface area contributed by atoms with Crippen LogP contribution in [0.5, 0.6) is 0 Å². The predicted molar refractivity (Wildman–Crippen MR) is 105 cm³/mol. The highest BCUT2D eigenvalue weighted by atomic mass is 16.6. The van der Waals surface area contributed by atoms with E-state index in [4.69, 9.17) is 0 Å². The van der Waals surface area contributed by atoms with Gasteiger partial charge in [0, 0.05) is 6.08 Å². The van der Waals surface area contributed by atoms with Crippen molar-refractivity contribution < 1.29 is 4.92 Å². The zero-order valence-corrected chi connectivity index (χ0v) is 13.9. The fraction of sp³-hybridized carbons (Fsp3) is 0. The van der Waals surface area contributed by atoms with Gasteiger partial charge in [0.25, 0.3) is 5.70 Å². The lowest BCUT2D eigenvalue weighted by molar-refractivity contribution is -0.420. The van der Waals surface area contributed by atoms with E-state index in [0.29, 0.717) is 17.1 Å². The van der Waals surface area contributed by atoms with E-state index >= 15 is 0 Å². The molecule has 0 fully saturated rings. The van der Waals surface area contributed by atoms with Gasteiger partial charge in [0.05, 0.1) is 44.9 Å². The van der Waals surface area contributed by atoms with Gasteiger partial charge >= 0.3 is 0 Å². The molecule has 7 nitrogen and oxygen atoms in total. The molecule has 0 spiro atoms. The lowest BCUT2D eigenvalue weighted by Gasteiger charge is -1.94. The number of aliphatic imine (C=N–C) groups is 4. The van der Waals surface area contributed by atoms with Crippen molar-refractivity contribution in [3.63, 3.8) is 0 Å². The standard InChI is InChI=1S/C20H11N5O2/c26-25(27)20-11-18-9-16-4-3-14(22-16)7-12-1-2-13(21-12)8-15-5-6-17(23-15)10-19(20)24-18/h1-11H. The van der Waals surface area contributed by atoms with Crippen LogP contribution in [0.25, 0.3) is 0 Å². The van der Waals surface area contributed by atoms with Crippen molar-refractivity contribution >= 4 is 22.8 Å². The van der Waals surface area contributed by atoms with Crippen molar-refractivity contribution in [2.24, 2.45) is 20.0 Å². The van der Waals surface area contributed by atoms with Gasteiger partial charge in [-0.05, 0) is 60.8 Å². The number of nitrogens with zero attached hydrogens (tertiary/aromatic N) is 5. The van der Waals surface area contributed by atoms with Crippen LogP contribution in [-0.4, -0.2) is 27.8 Å². The topological polar surface area (TPSA) is 92.6 Å². The van der Waals surface area contributed by atoms with Crippen LogP contribution in [0.3, 0.4) is 0 Å². The summed E-state index contributed by atoms with van der Waals surface area (Å²) in [6, 6.07) is 0. The molecule has 0 radical (unpaired) electrons. The summed E-state index contributed by atoms with van der Waals surface area (Å²) in [5.41, 5.74) is 5.07. The van der Waals surface area contributed by atoms with Crippen molar-refractivity contribution in [1.82, 2.24) is 0 Å². The molecule has 0 aromatic carbocycles. The fourth-order valence-electron chi connectivity index (χ4n) is 3.03. The van der Waals surface area contributed by atoms with Crippen LogP contribution < -0.4 is 0 Å². The highest BCUT2D eigenvalue weighted by Crippen LogP contribution is 2.24. The van der Waals surface area contributed by atoms with Gasteiger partial charge < -0.3 is 0 Å². The Kier molecular flexibility index (Phi) is 3.26. The minimum Gasteiger partial charge on any atom is -0.258 e. The number of fused-ring (bicyclic) bond motifs is 4. The SMILES string of the molecule is O=[N+]([O-])C1=CC2=NC1=CC1=NC(=CC3=NC(=CC4=NC(=C2)C=C4)C=C3)C=C1. The van der Waals surface area contributed by atoms with Crippen LogP contribution in [0, 0.1) is 10.1 Å². The molecule has 5 aliphatic heterocycles. The molecule has 27 heavy (non-hydrogen) atoms. The normalized spacial score (nSPS) is 21.7. The molecule has 0 aromatic heterocycles. The minimum atomic E-state index is -0.437. The van der Waals surface area contributed by atoms with Crippen LogP contribution in [0.1, 0.15) is 0 Å². The monoisotopic (exact) mass is 353 g/mol. The molecule has 0 N–H and O–H groups in total. The molecule has 0 unspecified atom stereocenters. The van der Waals surface area contributed by atoms with E-state index in [-0.39, 0.29) is 11.4 Å². The number of rotatable bonds is 1. The Hall–Kier alpha value is -4.00. The van der Waals surface area contributed by atoms with Crippen molar-refractivity contribution in [2.75, 3.05) is 0 Å². The molecule has 7 heteroatoms. The Morgan fingerprint density at radius 2 is 1.07 bits per heavy atom. The molecule has 0 amide bonds. The quantitative estimate of drug-likeness (QED) is 0.535. The molecule has 0 aromatic rings. The van der Waals surface area contributed by atoms with Crippen LogP contribution in [0.2, 0.25) is 0 Å². The Labute approximate surface area is 153 Å². The maximum absolute atomic E-state index is 11.4. The first-order chi connectivity index (χ1) is 13.1. The predicted octanol–water partition coefficient (Wildman–Crippen LogP) is 3.18. The second-order valence-electron chi connectivity index (χ2n) is 6.17. The number of allylic oxidation sites excluding steroid dienone is 11. The third-order valence-corrected chi connectivity index (χ3v) is 4.21. The maximum atomic E-state index is 11.4. The first-order valence-electron chi connectivity index (χ1n) is 8.25. The summed E-state index contributed by atoms with van der Waals surface area (Å²) in [7, 11) is 0. The first kappa shape index (κ1) is 15.3. The number of nitro groups is 1. The van der Waals surface area contributed by atoms with Gasteiger partial charge in [0.15, 0.2) is 0 Å². The van der Waals surface area contributed by atoms with E-state index in [1.165, 1.54) is 6.08 Å². The Morgan fingerprint density at radius 1 is 0.593 bits per heavy atom. The average molecular weight is 353 g/mol. The molecule has 0 aliphatic carbocycles. The summed E-state index contributed by atoms with van der Waals surface area (Å²) in [5.74, 6) is 0. The second-order valence-corrected chi connectivity index (χ2v) is 6.17. The molecule has 0 saturated carbocycles. The van der Waals surface area contributed by atoms with E-state index in [1.54, 1.807) is 18.2 Å².